The van der Waals surface area contributed by atoms with Gasteiger partial charge in [0.2, 0.25) is 10.0 Å². The van der Waals surface area contributed by atoms with Gasteiger partial charge in [-0.1, -0.05) is 0 Å². The van der Waals surface area contributed by atoms with Crippen molar-refractivity contribution in [3.63, 3.8) is 0 Å². The largest absolute Gasteiger partial charge is 0.398 e. The number of hydrogen-bond donors (Lipinski definition) is 2. The molecule has 0 bridgehead atoms. The van der Waals surface area contributed by atoms with E-state index in [1.54, 1.807) is 11.6 Å². The summed E-state index contributed by atoms with van der Waals surface area (Å²) < 4.78 is 39.2. The number of aromatic nitrogens is 1. The van der Waals surface area contributed by atoms with Gasteiger partial charge in [-0.3, -0.25) is 0 Å². The fourth-order valence-electron chi connectivity index (χ4n) is 1.32. The highest BCUT2D eigenvalue weighted by Gasteiger charge is 2.18. The molecule has 18 heavy (non-hydrogen) atoms. The van der Waals surface area contributed by atoms with Crippen molar-refractivity contribution in [3.8, 4) is 0 Å². The average molecular weight is 287 g/mol. The van der Waals surface area contributed by atoms with Crippen LogP contribution in [0.25, 0.3) is 0 Å². The van der Waals surface area contributed by atoms with Gasteiger partial charge < -0.3 is 5.73 Å². The monoisotopic (exact) mass is 287 g/mol. The number of sulfonamides is 1. The third-order valence-electron chi connectivity index (χ3n) is 2.16. The molecule has 2 rings (SSSR count). The highest BCUT2D eigenvalue weighted by molar-refractivity contribution is 7.89. The first kappa shape index (κ1) is 12.9. The Bertz CT molecular complexity index is 641. The van der Waals surface area contributed by atoms with Crippen molar-refractivity contribution in [2.75, 3.05) is 5.73 Å². The highest BCUT2D eigenvalue weighted by Crippen LogP contribution is 2.19. The Hall–Kier alpha value is -1.51. The summed E-state index contributed by atoms with van der Waals surface area (Å²) in [4.78, 5) is 3.67. The number of benzene rings is 1. The molecule has 96 valence electrons. The molecular formula is C10H10FN3O2S2. The maximum atomic E-state index is 13.0. The Labute approximate surface area is 108 Å². The number of anilines is 1. The van der Waals surface area contributed by atoms with E-state index in [0.717, 1.165) is 12.1 Å². The van der Waals surface area contributed by atoms with Crippen molar-refractivity contribution in [3.05, 3.63) is 40.6 Å². The Kier molecular flexibility index (Phi) is 3.60. The Balaban J connectivity index is 2.22. The minimum absolute atomic E-state index is 0.00281. The van der Waals surface area contributed by atoms with Crippen LogP contribution in [0, 0.1) is 5.82 Å². The number of rotatable bonds is 4. The van der Waals surface area contributed by atoms with Gasteiger partial charge in [-0.15, -0.1) is 11.3 Å². The van der Waals surface area contributed by atoms with Gasteiger partial charge >= 0.3 is 0 Å². The van der Waals surface area contributed by atoms with E-state index in [2.05, 4.69) is 9.71 Å². The van der Waals surface area contributed by atoms with Gasteiger partial charge in [-0.25, -0.2) is 22.5 Å². The Morgan fingerprint density at radius 3 is 2.89 bits per heavy atom. The molecule has 0 aliphatic rings. The second-order valence-corrected chi connectivity index (χ2v) is 6.15. The molecule has 0 unspecified atom stereocenters. The fourth-order valence-corrected chi connectivity index (χ4v) is 3.09. The third-order valence-corrected chi connectivity index (χ3v) is 4.40. The molecule has 0 saturated carbocycles. The summed E-state index contributed by atoms with van der Waals surface area (Å²) in [5.74, 6) is -0.654. The molecule has 0 atom stereocenters. The highest BCUT2D eigenvalue weighted by atomic mass is 32.2. The van der Waals surface area contributed by atoms with E-state index in [1.807, 2.05) is 0 Å². The van der Waals surface area contributed by atoms with E-state index in [-0.39, 0.29) is 17.1 Å². The lowest BCUT2D eigenvalue weighted by molar-refractivity contribution is 0.578. The van der Waals surface area contributed by atoms with Crippen molar-refractivity contribution < 1.29 is 12.8 Å². The minimum atomic E-state index is -3.84. The first-order valence-corrected chi connectivity index (χ1v) is 7.28. The second kappa shape index (κ2) is 5.01. The molecule has 0 aliphatic carbocycles. The summed E-state index contributed by atoms with van der Waals surface area (Å²) in [5, 5.41) is 2.36. The SMILES string of the molecule is Nc1ccc(F)cc1S(=O)(=O)NCc1nccs1. The van der Waals surface area contributed by atoms with Gasteiger partial charge in [0.05, 0.1) is 12.2 Å². The van der Waals surface area contributed by atoms with Crippen molar-refractivity contribution >= 4 is 27.0 Å². The van der Waals surface area contributed by atoms with Crippen molar-refractivity contribution in [2.45, 2.75) is 11.4 Å². The van der Waals surface area contributed by atoms with E-state index >= 15 is 0 Å². The summed E-state index contributed by atoms with van der Waals surface area (Å²) in [6.07, 6.45) is 1.57. The average Bonchev–Trinajstić information content (AvgIpc) is 2.83. The van der Waals surface area contributed by atoms with Crippen molar-refractivity contribution in [2.24, 2.45) is 0 Å². The molecule has 1 aromatic heterocycles. The molecule has 0 aliphatic heterocycles. The lowest BCUT2D eigenvalue weighted by Gasteiger charge is -2.07. The van der Waals surface area contributed by atoms with E-state index in [9.17, 15) is 12.8 Å². The maximum Gasteiger partial charge on any atom is 0.243 e. The number of nitrogen functional groups attached to an aromatic ring is 1. The number of nitrogens with zero attached hydrogens (tertiary/aromatic N) is 1. The number of hydrogen-bond acceptors (Lipinski definition) is 5. The standard InChI is InChI=1S/C10H10FN3O2S2/c11-7-1-2-8(12)9(5-7)18(15,16)14-6-10-13-3-4-17-10/h1-5,14H,6,12H2. The van der Waals surface area contributed by atoms with Crippen LogP contribution in [-0.2, 0) is 16.6 Å². The van der Waals surface area contributed by atoms with Crippen LogP contribution in [0.5, 0.6) is 0 Å². The smallest absolute Gasteiger partial charge is 0.243 e. The number of nitrogens with two attached hydrogens (primary N) is 1. The van der Waals surface area contributed by atoms with Crippen LogP contribution in [-0.4, -0.2) is 13.4 Å². The van der Waals surface area contributed by atoms with E-state index in [4.69, 9.17) is 5.73 Å². The van der Waals surface area contributed by atoms with Gasteiger partial charge in [-0.2, -0.15) is 0 Å². The molecule has 0 radical (unpaired) electrons. The van der Waals surface area contributed by atoms with E-state index in [0.29, 0.717) is 5.01 Å². The molecule has 0 fully saturated rings. The van der Waals surface area contributed by atoms with Crippen LogP contribution >= 0.6 is 11.3 Å². The maximum absolute atomic E-state index is 13.0. The predicted octanol–water partition coefficient (Wildman–Crippen LogP) is 1.34. The lowest BCUT2D eigenvalue weighted by atomic mass is 10.3. The molecule has 0 amide bonds. The second-order valence-electron chi connectivity index (χ2n) is 3.43. The quantitative estimate of drug-likeness (QED) is 0.831. The number of nitrogens with one attached hydrogen (secondary N) is 1. The van der Waals surface area contributed by atoms with Gasteiger partial charge in [0.15, 0.2) is 0 Å². The van der Waals surface area contributed by atoms with Crippen LogP contribution in [0.2, 0.25) is 0 Å². The first-order valence-electron chi connectivity index (χ1n) is 4.92. The molecule has 0 saturated heterocycles. The normalized spacial score (nSPS) is 11.6. The number of thiazole rings is 1. The summed E-state index contributed by atoms with van der Waals surface area (Å²) in [6, 6.07) is 3.21. The van der Waals surface area contributed by atoms with Crippen LogP contribution in [0.4, 0.5) is 10.1 Å². The third kappa shape index (κ3) is 2.84. The molecule has 2 aromatic rings. The summed E-state index contributed by atoms with van der Waals surface area (Å²) in [7, 11) is -3.84. The number of halogens is 1. The molecule has 1 heterocycles. The molecule has 5 nitrogen and oxygen atoms in total. The zero-order valence-corrected chi connectivity index (χ0v) is 10.8. The Morgan fingerprint density at radius 2 is 2.22 bits per heavy atom. The van der Waals surface area contributed by atoms with Gasteiger partial charge in [0.25, 0.3) is 0 Å². The molecule has 3 N–H and O–H groups in total. The summed E-state index contributed by atoms with van der Waals surface area (Å²) in [6.45, 7) is 0.0515. The molecule has 1 aromatic carbocycles. The zero-order valence-electron chi connectivity index (χ0n) is 9.13. The lowest BCUT2D eigenvalue weighted by Crippen LogP contribution is -2.24. The van der Waals surface area contributed by atoms with Crippen LogP contribution in [0.3, 0.4) is 0 Å². The molecule has 0 spiro atoms. The Morgan fingerprint density at radius 1 is 1.44 bits per heavy atom. The predicted molar refractivity (Wildman–Crippen MR) is 67.0 cm³/mol. The van der Waals surface area contributed by atoms with Gasteiger partial charge in [0, 0.05) is 11.6 Å². The minimum Gasteiger partial charge on any atom is -0.398 e. The van der Waals surface area contributed by atoms with Crippen molar-refractivity contribution in [1.29, 1.82) is 0 Å². The van der Waals surface area contributed by atoms with E-state index < -0.39 is 15.8 Å². The zero-order chi connectivity index (χ0) is 13.2. The van der Waals surface area contributed by atoms with Gasteiger partial charge in [0.1, 0.15) is 15.7 Å². The van der Waals surface area contributed by atoms with E-state index in [1.165, 1.54) is 17.4 Å². The fraction of sp³-hybridized carbons (Fsp3) is 0.100. The molecule has 8 heteroatoms. The van der Waals surface area contributed by atoms with Crippen LogP contribution in [0.1, 0.15) is 5.01 Å². The topological polar surface area (TPSA) is 85.1 Å². The van der Waals surface area contributed by atoms with Gasteiger partial charge in [-0.05, 0) is 18.2 Å². The molecular weight excluding hydrogens is 277 g/mol. The van der Waals surface area contributed by atoms with Crippen LogP contribution < -0.4 is 10.5 Å². The first-order chi connectivity index (χ1) is 8.49. The summed E-state index contributed by atoms with van der Waals surface area (Å²) >= 11 is 1.32. The van der Waals surface area contributed by atoms with Crippen LogP contribution in [0.15, 0.2) is 34.7 Å². The van der Waals surface area contributed by atoms with Crippen molar-refractivity contribution in [1.82, 2.24) is 9.71 Å². The summed E-state index contributed by atoms with van der Waals surface area (Å²) in [5.41, 5.74) is 5.53.